The maximum absolute atomic E-state index is 12.8. The van der Waals surface area contributed by atoms with Gasteiger partial charge in [-0.05, 0) is 43.0 Å². The van der Waals surface area contributed by atoms with Crippen molar-refractivity contribution in [2.45, 2.75) is 45.4 Å². The lowest BCUT2D eigenvalue weighted by molar-refractivity contribution is -0.123. The van der Waals surface area contributed by atoms with Gasteiger partial charge in [-0.15, -0.1) is 0 Å². The maximum Gasteiger partial charge on any atom is 0.337 e. The monoisotopic (exact) mass is 303 g/mol. The molecule has 0 aromatic heterocycles. The average Bonchev–Trinajstić information content (AvgIpc) is 2.73. The zero-order valence-corrected chi connectivity index (χ0v) is 14.1. The van der Waals surface area contributed by atoms with E-state index >= 15 is 0 Å². The van der Waals surface area contributed by atoms with Gasteiger partial charge in [0.2, 0.25) is 5.91 Å². The zero-order valence-electron chi connectivity index (χ0n) is 14.1. The van der Waals surface area contributed by atoms with E-state index in [1.807, 2.05) is 19.1 Å². The highest BCUT2D eigenvalue weighted by atomic mass is 16.5. The highest BCUT2D eigenvalue weighted by Gasteiger charge is 2.46. The van der Waals surface area contributed by atoms with E-state index in [0.717, 1.165) is 30.5 Å². The third-order valence-corrected chi connectivity index (χ3v) is 5.00. The number of nitrogens with zero attached hydrogens (tertiary/aromatic N) is 1. The molecule has 1 heterocycles. The summed E-state index contributed by atoms with van der Waals surface area (Å²) in [6, 6.07) is 5.39. The molecule has 0 saturated carbocycles. The molecule has 1 amide bonds. The van der Waals surface area contributed by atoms with E-state index in [-0.39, 0.29) is 11.9 Å². The second kappa shape index (κ2) is 6.11. The molecular weight excluding hydrogens is 278 g/mol. The first kappa shape index (κ1) is 16.5. The minimum atomic E-state index is -0.565. The Balaban J connectivity index is 2.50. The summed E-state index contributed by atoms with van der Waals surface area (Å²) in [4.78, 5) is 26.3. The third kappa shape index (κ3) is 2.51. The summed E-state index contributed by atoms with van der Waals surface area (Å²) in [7, 11) is 3.17. The minimum Gasteiger partial charge on any atom is -0.465 e. The first-order valence-corrected chi connectivity index (χ1v) is 7.90. The van der Waals surface area contributed by atoms with Crippen molar-refractivity contribution in [3.8, 4) is 0 Å². The molecule has 2 rings (SSSR count). The van der Waals surface area contributed by atoms with E-state index in [2.05, 4.69) is 13.8 Å². The minimum absolute atomic E-state index is 0.108. The van der Waals surface area contributed by atoms with Crippen LogP contribution in [0.2, 0.25) is 0 Å². The Kier molecular flexibility index (Phi) is 4.59. The molecule has 0 saturated heterocycles. The van der Waals surface area contributed by atoms with E-state index in [1.54, 1.807) is 18.0 Å². The van der Waals surface area contributed by atoms with Crippen LogP contribution < -0.4 is 4.90 Å². The summed E-state index contributed by atoms with van der Waals surface area (Å²) in [6.45, 7) is 6.32. The molecule has 1 aliphatic rings. The summed E-state index contributed by atoms with van der Waals surface area (Å²) in [6.07, 6.45) is 2.91. The van der Waals surface area contributed by atoms with Gasteiger partial charge in [0, 0.05) is 12.7 Å². The molecule has 0 aliphatic carbocycles. The lowest BCUT2D eigenvalue weighted by Gasteiger charge is -2.27. The molecule has 0 unspecified atom stereocenters. The molecule has 120 valence electrons. The number of hydrogen-bond acceptors (Lipinski definition) is 3. The first-order valence-electron chi connectivity index (χ1n) is 7.90. The van der Waals surface area contributed by atoms with Crippen LogP contribution in [0.15, 0.2) is 18.2 Å². The lowest BCUT2D eigenvalue weighted by atomic mass is 9.74. The van der Waals surface area contributed by atoms with Crippen molar-refractivity contribution in [3.63, 3.8) is 0 Å². The van der Waals surface area contributed by atoms with Crippen LogP contribution in [0.1, 0.15) is 56.0 Å². The van der Waals surface area contributed by atoms with E-state index in [9.17, 15) is 9.59 Å². The molecule has 1 aromatic carbocycles. The Morgan fingerprint density at radius 1 is 1.32 bits per heavy atom. The van der Waals surface area contributed by atoms with Crippen LogP contribution in [0.4, 0.5) is 5.69 Å². The molecule has 1 atom stereocenters. The number of carbonyl (C=O) groups excluding carboxylic acids is 2. The Morgan fingerprint density at radius 3 is 2.50 bits per heavy atom. The molecule has 4 heteroatoms. The van der Waals surface area contributed by atoms with Crippen molar-refractivity contribution in [1.29, 1.82) is 0 Å². The van der Waals surface area contributed by atoms with Crippen molar-refractivity contribution >= 4 is 17.6 Å². The van der Waals surface area contributed by atoms with Gasteiger partial charge < -0.3 is 9.64 Å². The molecule has 22 heavy (non-hydrogen) atoms. The highest BCUT2D eigenvalue weighted by Crippen LogP contribution is 2.45. The number of amides is 1. The number of rotatable bonds is 5. The number of ether oxygens (including phenoxy) is 1. The summed E-state index contributed by atoms with van der Waals surface area (Å²) < 4.78 is 4.80. The topological polar surface area (TPSA) is 46.6 Å². The first-order chi connectivity index (χ1) is 10.4. The Hall–Kier alpha value is -1.84. The fourth-order valence-corrected chi connectivity index (χ4v) is 3.46. The standard InChI is InChI=1S/C18H25NO3/c1-6-12(7-2)11-18(3)14-10-13(16(20)22-5)8-9-15(14)19(4)17(18)21/h8-10,12H,6-7,11H2,1-5H3/t18-/m1/s1. The molecule has 0 N–H and O–H groups in total. The molecular formula is C18H25NO3. The van der Waals surface area contributed by atoms with Crippen LogP contribution in [0, 0.1) is 5.92 Å². The normalized spacial score (nSPS) is 20.5. The number of hydrogen-bond donors (Lipinski definition) is 0. The molecule has 4 nitrogen and oxygen atoms in total. The Morgan fingerprint density at radius 2 is 1.95 bits per heavy atom. The molecule has 0 spiro atoms. The number of esters is 1. The van der Waals surface area contributed by atoms with Gasteiger partial charge in [0.1, 0.15) is 0 Å². The van der Waals surface area contributed by atoms with Gasteiger partial charge in [0.05, 0.1) is 18.1 Å². The van der Waals surface area contributed by atoms with Gasteiger partial charge in [0.15, 0.2) is 0 Å². The van der Waals surface area contributed by atoms with Crippen molar-refractivity contribution in [2.24, 2.45) is 5.92 Å². The zero-order chi connectivity index (χ0) is 16.5. The summed E-state index contributed by atoms with van der Waals surface area (Å²) in [5, 5.41) is 0. The second-order valence-corrected chi connectivity index (χ2v) is 6.31. The van der Waals surface area contributed by atoms with Gasteiger partial charge in [-0.25, -0.2) is 4.79 Å². The van der Waals surface area contributed by atoms with E-state index in [0.29, 0.717) is 11.5 Å². The molecule has 1 aromatic rings. The quantitative estimate of drug-likeness (QED) is 0.782. The Bertz CT molecular complexity index is 592. The maximum atomic E-state index is 12.8. The summed E-state index contributed by atoms with van der Waals surface area (Å²) in [5.41, 5.74) is 1.77. The third-order valence-electron chi connectivity index (χ3n) is 5.00. The fraction of sp³-hybridized carbons (Fsp3) is 0.556. The summed E-state index contributed by atoms with van der Waals surface area (Å²) >= 11 is 0. The molecule has 1 aliphatic heterocycles. The van der Waals surface area contributed by atoms with Crippen LogP contribution in [0.5, 0.6) is 0 Å². The van der Waals surface area contributed by atoms with E-state index < -0.39 is 5.41 Å². The smallest absolute Gasteiger partial charge is 0.337 e. The van der Waals surface area contributed by atoms with E-state index in [4.69, 9.17) is 4.74 Å². The number of methoxy groups -OCH3 is 1. The van der Waals surface area contributed by atoms with E-state index in [1.165, 1.54) is 7.11 Å². The summed E-state index contributed by atoms with van der Waals surface area (Å²) in [5.74, 6) is 0.237. The fourth-order valence-electron chi connectivity index (χ4n) is 3.46. The van der Waals surface area contributed by atoms with Crippen LogP contribution in [0.25, 0.3) is 0 Å². The van der Waals surface area contributed by atoms with Crippen LogP contribution >= 0.6 is 0 Å². The van der Waals surface area contributed by atoms with Gasteiger partial charge in [-0.3, -0.25) is 4.79 Å². The number of fused-ring (bicyclic) bond motifs is 1. The highest BCUT2D eigenvalue weighted by molar-refractivity contribution is 6.08. The number of likely N-dealkylation sites (N-methyl/N-ethyl adjacent to an activating group) is 1. The largest absolute Gasteiger partial charge is 0.465 e. The molecule has 0 fully saturated rings. The number of anilines is 1. The SMILES string of the molecule is CCC(CC)C[C@@]1(C)C(=O)N(C)c2ccc(C(=O)OC)cc21. The predicted molar refractivity (Wildman–Crippen MR) is 87.2 cm³/mol. The molecule has 0 radical (unpaired) electrons. The van der Waals surface area contributed by atoms with Crippen molar-refractivity contribution < 1.29 is 14.3 Å². The average molecular weight is 303 g/mol. The van der Waals surface area contributed by atoms with Gasteiger partial charge in [0.25, 0.3) is 0 Å². The Labute approximate surface area is 132 Å². The van der Waals surface area contributed by atoms with Gasteiger partial charge >= 0.3 is 5.97 Å². The van der Waals surface area contributed by atoms with Crippen LogP contribution in [0.3, 0.4) is 0 Å². The second-order valence-electron chi connectivity index (χ2n) is 6.31. The van der Waals surface area contributed by atoms with Crippen molar-refractivity contribution in [2.75, 3.05) is 19.1 Å². The number of carbonyl (C=O) groups is 2. The van der Waals surface area contributed by atoms with Gasteiger partial charge in [-0.1, -0.05) is 26.7 Å². The lowest BCUT2D eigenvalue weighted by Crippen LogP contribution is -2.37. The van der Waals surface area contributed by atoms with Crippen molar-refractivity contribution in [1.82, 2.24) is 0 Å². The molecule has 0 bridgehead atoms. The van der Waals surface area contributed by atoms with Gasteiger partial charge in [-0.2, -0.15) is 0 Å². The van der Waals surface area contributed by atoms with Crippen molar-refractivity contribution in [3.05, 3.63) is 29.3 Å². The predicted octanol–water partition coefficient (Wildman–Crippen LogP) is 3.53. The number of benzene rings is 1. The van der Waals surface area contributed by atoms with Crippen LogP contribution in [-0.4, -0.2) is 26.0 Å². The van der Waals surface area contributed by atoms with Crippen LogP contribution in [-0.2, 0) is 14.9 Å².